The lowest BCUT2D eigenvalue weighted by Crippen LogP contribution is -2.32. The van der Waals surface area contributed by atoms with E-state index in [0.29, 0.717) is 12.3 Å². The molecule has 2 aromatic heterocycles. The van der Waals surface area contributed by atoms with Gasteiger partial charge in [-0.25, -0.2) is 9.78 Å². The van der Waals surface area contributed by atoms with Crippen molar-refractivity contribution >= 4 is 17.0 Å². The number of carbonyl (C=O) groups excluding carboxylic acids is 1. The minimum atomic E-state index is -0.548. The van der Waals surface area contributed by atoms with E-state index in [2.05, 4.69) is 10.5 Å². The highest BCUT2D eigenvalue weighted by atomic mass is 16.6. The zero-order valence-corrected chi connectivity index (χ0v) is 16.6. The smallest absolute Gasteiger partial charge is 0.407 e. The molecule has 0 radical (unpaired) electrons. The number of hydrogen-bond donors (Lipinski definition) is 1. The average Bonchev–Trinajstić information content (AvgIpc) is 2.90. The lowest BCUT2D eigenvalue weighted by Gasteiger charge is -2.20. The Labute approximate surface area is 158 Å². The van der Waals surface area contributed by atoms with E-state index in [0.717, 1.165) is 39.0 Å². The predicted molar refractivity (Wildman–Crippen MR) is 105 cm³/mol. The first kappa shape index (κ1) is 18.9. The SMILES string of the molecule is Cc1noc(C)c1-c1nc2c(C)cccc2cc1CNC(=O)OC(C)(C)C. The van der Waals surface area contributed by atoms with Gasteiger partial charge in [0.2, 0.25) is 0 Å². The van der Waals surface area contributed by atoms with Crippen molar-refractivity contribution in [3.8, 4) is 11.3 Å². The number of ether oxygens (including phenoxy) is 1. The van der Waals surface area contributed by atoms with Crippen molar-refractivity contribution < 1.29 is 14.1 Å². The molecule has 0 aliphatic rings. The minimum absolute atomic E-state index is 0.297. The van der Waals surface area contributed by atoms with Gasteiger partial charge >= 0.3 is 6.09 Å². The fourth-order valence-corrected chi connectivity index (χ4v) is 3.04. The maximum atomic E-state index is 12.1. The number of benzene rings is 1. The first-order chi connectivity index (χ1) is 12.7. The Morgan fingerprint density at radius 2 is 1.96 bits per heavy atom. The van der Waals surface area contributed by atoms with E-state index in [1.54, 1.807) is 0 Å². The third-order valence-corrected chi connectivity index (χ3v) is 4.22. The van der Waals surface area contributed by atoms with Gasteiger partial charge in [0.25, 0.3) is 0 Å². The molecule has 0 aliphatic heterocycles. The Hall–Kier alpha value is -2.89. The molecule has 2 heterocycles. The van der Waals surface area contributed by atoms with E-state index < -0.39 is 11.7 Å². The Morgan fingerprint density at radius 3 is 2.59 bits per heavy atom. The number of para-hydroxylation sites is 1. The Morgan fingerprint density at radius 1 is 1.22 bits per heavy atom. The van der Waals surface area contributed by atoms with Crippen LogP contribution in [0.1, 0.15) is 43.4 Å². The fraction of sp³-hybridized carbons (Fsp3) is 0.381. The number of pyridine rings is 1. The van der Waals surface area contributed by atoms with Gasteiger partial charge in [0.15, 0.2) is 0 Å². The Balaban J connectivity index is 2.05. The zero-order valence-electron chi connectivity index (χ0n) is 16.6. The second kappa shape index (κ2) is 7.02. The molecule has 142 valence electrons. The van der Waals surface area contributed by atoms with Crippen LogP contribution in [-0.2, 0) is 11.3 Å². The van der Waals surface area contributed by atoms with Gasteiger partial charge < -0.3 is 14.6 Å². The summed E-state index contributed by atoms with van der Waals surface area (Å²) in [5.74, 6) is 0.700. The molecule has 0 bridgehead atoms. The monoisotopic (exact) mass is 367 g/mol. The van der Waals surface area contributed by atoms with Crippen molar-refractivity contribution in [1.82, 2.24) is 15.5 Å². The Kier molecular flexibility index (Phi) is 4.91. The predicted octanol–water partition coefficient (Wildman–Crippen LogP) is 4.84. The van der Waals surface area contributed by atoms with Crippen molar-refractivity contribution in [2.75, 3.05) is 0 Å². The lowest BCUT2D eigenvalue weighted by molar-refractivity contribution is 0.0523. The molecule has 6 nitrogen and oxygen atoms in total. The van der Waals surface area contributed by atoms with Crippen LogP contribution < -0.4 is 5.32 Å². The third kappa shape index (κ3) is 4.10. The molecule has 3 rings (SSSR count). The molecule has 0 spiro atoms. The molecule has 1 N–H and O–H groups in total. The topological polar surface area (TPSA) is 77.3 Å². The summed E-state index contributed by atoms with van der Waals surface area (Å²) in [6.45, 7) is 11.6. The summed E-state index contributed by atoms with van der Waals surface area (Å²) in [4.78, 5) is 17.0. The summed E-state index contributed by atoms with van der Waals surface area (Å²) in [6.07, 6.45) is -0.462. The van der Waals surface area contributed by atoms with Crippen LogP contribution >= 0.6 is 0 Å². The maximum Gasteiger partial charge on any atom is 0.407 e. The van der Waals surface area contributed by atoms with Crippen molar-refractivity contribution in [3.05, 3.63) is 46.8 Å². The number of nitrogens with zero attached hydrogens (tertiary/aromatic N) is 2. The summed E-state index contributed by atoms with van der Waals surface area (Å²) in [5, 5.41) is 7.90. The van der Waals surface area contributed by atoms with E-state index in [9.17, 15) is 4.79 Å². The normalized spacial score (nSPS) is 11.6. The Bertz CT molecular complexity index is 980. The minimum Gasteiger partial charge on any atom is -0.444 e. The first-order valence-electron chi connectivity index (χ1n) is 8.95. The summed E-state index contributed by atoms with van der Waals surface area (Å²) < 4.78 is 10.7. The van der Waals surface area contributed by atoms with Gasteiger partial charge in [-0.3, -0.25) is 0 Å². The first-order valence-corrected chi connectivity index (χ1v) is 8.95. The number of aryl methyl sites for hydroxylation is 3. The van der Waals surface area contributed by atoms with Gasteiger partial charge in [-0.1, -0.05) is 23.4 Å². The van der Waals surface area contributed by atoms with Gasteiger partial charge in [-0.15, -0.1) is 0 Å². The summed E-state index contributed by atoms with van der Waals surface area (Å²) >= 11 is 0. The number of amides is 1. The van der Waals surface area contributed by atoms with Crippen LogP contribution in [0.15, 0.2) is 28.8 Å². The summed E-state index contributed by atoms with van der Waals surface area (Å²) in [7, 11) is 0. The third-order valence-electron chi connectivity index (χ3n) is 4.22. The number of carbonyl (C=O) groups is 1. The van der Waals surface area contributed by atoms with Gasteiger partial charge in [0.1, 0.15) is 11.4 Å². The lowest BCUT2D eigenvalue weighted by atomic mass is 10.0. The molecule has 1 amide bonds. The van der Waals surface area contributed by atoms with Gasteiger partial charge in [-0.05, 0) is 58.7 Å². The molecule has 0 atom stereocenters. The number of rotatable bonds is 3. The largest absolute Gasteiger partial charge is 0.444 e. The van der Waals surface area contributed by atoms with Gasteiger partial charge in [0, 0.05) is 11.9 Å². The maximum absolute atomic E-state index is 12.1. The van der Waals surface area contributed by atoms with Crippen LogP contribution in [-0.4, -0.2) is 21.8 Å². The van der Waals surface area contributed by atoms with Crippen molar-refractivity contribution in [3.63, 3.8) is 0 Å². The second-order valence-corrected chi connectivity index (χ2v) is 7.70. The molecule has 6 heteroatoms. The number of fused-ring (bicyclic) bond motifs is 1. The molecule has 0 unspecified atom stereocenters. The molecular formula is C21H25N3O3. The van der Waals surface area contributed by atoms with Crippen molar-refractivity contribution in [1.29, 1.82) is 0 Å². The highest BCUT2D eigenvalue weighted by molar-refractivity contribution is 5.86. The van der Waals surface area contributed by atoms with Gasteiger partial charge in [0.05, 0.1) is 22.5 Å². The highest BCUT2D eigenvalue weighted by Gasteiger charge is 2.20. The van der Waals surface area contributed by atoms with Crippen molar-refractivity contribution in [2.45, 2.75) is 53.7 Å². The number of alkyl carbamates (subject to hydrolysis) is 1. The van der Waals surface area contributed by atoms with Crippen LogP contribution in [0.5, 0.6) is 0 Å². The molecule has 0 saturated heterocycles. The van der Waals surface area contributed by atoms with Gasteiger partial charge in [-0.2, -0.15) is 0 Å². The number of hydrogen-bond acceptors (Lipinski definition) is 5. The van der Waals surface area contributed by atoms with Crippen LogP contribution in [0, 0.1) is 20.8 Å². The zero-order chi connectivity index (χ0) is 19.8. The summed E-state index contributed by atoms with van der Waals surface area (Å²) in [6, 6.07) is 8.10. The molecule has 0 fully saturated rings. The fourth-order valence-electron chi connectivity index (χ4n) is 3.04. The second-order valence-electron chi connectivity index (χ2n) is 7.70. The molecule has 0 aliphatic carbocycles. The van der Waals surface area contributed by atoms with E-state index in [1.807, 2.05) is 65.8 Å². The van der Waals surface area contributed by atoms with Crippen LogP contribution in [0.25, 0.3) is 22.2 Å². The quantitative estimate of drug-likeness (QED) is 0.717. The van der Waals surface area contributed by atoms with E-state index in [4.69, 9.17) is 14.2 Å². The number of nitrogens with one attached hydrogen (secondary N) is 1. The molecular weight excluding hydrogens is 342 g/mol. The van der Waals surface area contributed by atoms with E-state index in [1.165, 1.54) is 0 Å². The van der Waals surface area contributed by atoms with Crippen LogP contribution in [0.4, 0.5) is 4.79 Å². The standard InChI is InChI=1S/C21H25N3O3/c1-12-8-7-9-15-10-16(11-22-20(25)26-21(4,5)6)19(23-18(12)15)17-13(2)24-27-14(17)3/h7-10H,11H2,1-6H3,(H,22,25). The van der Waals surface area contributed by atoms with E-state index >= 15 is 0 Å². The van der Waals surface area contributed by atoms with Crippen LogP contribution in [0.2, 0.25) is 0 Å². The molecule has 3 aromatic rings. The molecule has 0 saturated carbocycles. The highest BCUT2D eigenvalue weighted by Crippen LogP contribution is 2.31. The van der Waals surface area contributed by atoms with E-state index in [-0.39, 0.29) is 0 Å². The number of aromatic nitrogens is 2. The summed E-state index contributed by atoms with van der Waals surface area (Å²) in [5.41, 5.74) is 4.75. The molecule has 27 heavy (non-hydrogen) atoms. The average molecular weight is 367 g/mol. The van der Waals surface area contributed by atoms with Crippen molar-refractivity contribution in [2.24, 2.45) is 0 Å². The van der Waals surface area contributed by atoms with Crippen LogP contribution in [0.3, 0.4) is 0 Å². The molecule has 1 aromatic carbocycles.